The highest BCUT2D eigenvalue weighted by Gasteiger charge is 2.10. The van der Waals surface area contributed by atoms with Crippen molar-refractivity contribution in [1.82, 2.24) is 0 Å². The third kappa shape index (κ3) is 3.25. The molecule has 0 aliphatic rings. The molecule has 23 heavy (non-hydrogen) atoms. The lowest BCUT2D eigenvalue weighted by molar-refractivity contribution is 0.416. The van der Waals surface area contributed by atoms with Crippen LogP contribution in [-0.2, 0) is 0 Å². The molecule has 0 aliphatic carbocycles. The molecule has 0 N–H and O–H groups in total. The zero-order valence-corrected chi connectivity index (χ0v) is 14.6. The molecule has 3 aromatic rings. The summed E-state index contributed by atoms with van der Waals surface area (Å²) in [6, 6.07) is 22.4. The van der Waals surface area contributed by atoms with Crippen LogP contribution in [0.2, 0.25) is 0 Å². The Morgan fingerprint density at radius 1 is 0.652 bits per heavy atom. The number of hydrogen-bond donors (Lipinski definition) is 0. The van der Waals surface area contributed by atoms with Crippen LogP contribution in [-0.4, -0.2) is 14.2 Å². The fourth-order valence-corrected chi connectivity index (χ4v) is 3.16. The Bertz CT molecular complexity index is 762. The van der Waals surface area contributed by atoms with Crippen LogP contribution in [0.3, 0.4) is 0 Å². The van der Waals surface area contributed by atoms with Gasteiger partial charge in [-0.05, 0) is 41.5 Å². The van der Waals surface area contributed by atoms with Crippen LogP contribution in [0.1, 0.15) is 0 Å². The molecule has 0 unspecified atom stereocenters. The molecule has 0 aromatic heterocycles. The van der Waals surface area contributed by atoms with E-state index in [4.69, 9.17) is 9.47 Å². The van der Waals surface area contributed by atoms with Crippen molar-refractivity contribution in [2.45, 2.75) is 0 Å². The van der Waals surface area contributed by atoms with Gasteiger partial charge in [-0.2, -0.15) is 0 Å². The highest BCUT2D eigenvalue weighted by atomic mass is 79.9. The topological polar surface area (TPSA) is 18.5 Å². The van der Waals surface area contributed by atoms with Gasteiger partial charge in [-0.15, -0.1) is 0 Å². The number of hydrogen-bond acceptors (Lipinski definition) is 2. The van der Waals surface area contributed by atoms with Crippen LogP contribution in [0.15, 0.2) is 71.2 Å². The van der Waals surface area contributed by atoms with Crippen LogP contribution in [0, 0.1) is 0 Å². The number of benzene rings is 3. The predicted octanol–water partition coefficient (Wildman–Crippen LogP) is 5.80. The first kappa shape index (κ1) is 15.6. The minimum absolute atomic E-state index is 0.858. The zero-order valence-electron chi connectivity index (χ0n) is 13.0. The molecule has 0 spiro atoms. The van der Waals surface area contributed by atoms with Crippen molar-refractivity contribution in [3.8, 4) is 33.8 Å². The van der Waals surface area contributed by atoms with Gasteiger partial charge in [-0.25, -0.2) is 0 Å². The fourth-order valence-electron chi connectivity index (χ4n) is 2.67. The summed E-state index contributed by atoms with van der Waals surface area (Å²) in [5.74, 6) is 1.72. The van der Waals surface area contributed by atoms with E-state index in [0.29, 0.717) is 0 Å². The molecule has 0 heterocycles. The largest absolute Gasteiger partial charge is 0.496 e. The molecule has 0 radical (unpaired) electrons. The summed E-state index contributed by atoms with van der Waals surface area (Å²) in [5.41, 5.74) is 4.32. The molecule has 3 heteroatoms. The Morgan fingerprint density at radius 2 is 1.09 bits per heavy atom. The highest BCUT2D eigenvalue weighted by molar-refractivity contribution is 9.10. The minimum atomic E-state index is 0.858. The SMILES string of the molecule is COc1ccccc1-c1cc(Br)cc(-c2ccccc2OC)c1. The Hall–Kier alpha value is -2.26. The van der Waals surface area contributed by atoms with E-state index in [1.807, 2.05) is 36.4 Å². The van der Waals surface area contributed by atoms with Crippen molar-refractivity contribution >= 4 is 15.9 Å². The van der Waals surface area contributed by atoms with E-state index >= 15 is 0 Å². The van der Waals surface area contributed by atoms with Gasteiger partial charge in [0, 0.05) is 15.6 Å². The third-order valence-electron chi connectivity index (χ3n) is 3.73. The number of para-hydroxylation sites is 2. The first-order chi connectivity index (χ1) is 11.2. The van der Waals surface area contributed by atoms with Crippen LogP contribution in [0.5, 0.6) is 11.5 Å². The summed E-state index contributed by atoms with van der Waals surface area (Å²) >= 11 is 3.62. The van der Waals surface area contributed by atoms with Crippen LogP contribution in [0.4, 0.5) is 0 Å². The lowest BCUT2D eigenvalue weighted by Gasteiger charge is -2.13. The van der Waals surface area contributed by atoms with E-state index in [-0.39, 0.29) is 0 Å². The van der Waals surface area contributed by atoms with Crippen molar-refractivity contribution in [3.63, 3.8) is 0 Å². The second-order valence-corrected chi connectivity index (χ2v) is 6.04. The lowest BCUT2D eigenvalue weighted by atomic mass is 9.98. The van der Waals surface area contributed by atoms with Gasteiger partial charge in [0.25, 0.3) is 0 Å². The van der Waals surface area contributed by atoms with Gasteiger partial charge < -0.3 is 9.47 Å². The van der Waals surface area contributed by atoms with Crippen molar-refractivity contribution in [2.75, 3.05) is 14.2 Å². The molecule has 0 atom stereocenters. The first-order valence-corrected chi connectivity index (χ1v) is 8.09. The summed E-state index contributed by atoms with van der Waals surface area (Å²) in [4.78, 5) is 0. The second-order valence-electron chi connectivity index (χ2n) is 5.13. The van der Waals surface area contributed by atoms with Crippen LogP contribution < -0.4 is 9.47 Å². The number of ether oxygens (including phenoxy) is 2. The summed E-state index contributed by atoms with van der Waals surface area (Å²) in [6.45, 7) is 0. The number of methoxy groups -OCH3 is 2. The molecule has 3 aromatic carbocycles. The van der Waals surface area contributed by atoms with E-state index in [0.717, 1.165) is 38.2 Å². The normalized spacial score (nSPS) is 10.4. The molecule has 0 aliphatic heterocycles. The van der Waals surface area contributed by atoms with Gasteiger partial charge >= 0.3 is 0 Å². The summed E-state index contributed by atoms with van der Waals surface area (Å²) < 4.78 is 12.0. The summed E-state index contributed by atoms with van der Waals surface area (Å²) in [5, 5.41) is 0. The highest BCUT2D eigenvalue weighted by Crippen LogP contribution is 2.37. The minimum Gasteiger partial charge on any atom is -0.496 e. The third-order valence-corrected chi connectivity index (χ3v) is 4.19. The lowest BCUT2D eigenvalue weighted by Crippen LogP contribution is -1.90. The maximum Gasteiger partial charge on any atom is 0.126 e. The molecule has 0 amide bonds. The van der Waals surface area contributed by atoms with E-state index in [2.05, 4.69) is 46.3 Å². The number of halogens is 1. The van der Waals surface area contributed by atoms with Gasteiger partial charge in [-0.3, -0.25) is 0 Å². The monoisotopic (exact) mass is 368 g/mol. The molecule has 0 saturated carbocycles. The molecule has 0 bridgehead atoms. The summed E-state index contributed by atoms with van der Waals surface area (Å²) in [7, 11) is 3.38. The molecule has 2 nitrogen and oxygen atoms in total. The van der Waals surface area contributed by atoms with Crippen molar-refractivity contribution in [2.24, 2.45) is 0 Å². The van der Waals surface area contributed by atoms with E-state index in [9.17, 15) is 0 Å². The van der Waals surface area contributed by atoms with E-state index < -0.39 is 0 Å². The van der Waals surface area contributed by atoms with E-state index in [1.54, 1.807) is 14.2 Å². The second kappa shape index (κ2) is 6.88. The van der Waals surface area contributed by atoms with Crippen LogP contribution >= 0.6 is 15.9 Å². The zero-order chi connectivity index (χ0) is 16.2. The molecular formula is C20H17BrO2. The predicted molar refractivity (Wildman–Crippen MR) is 98.1 cm³/mol. The fraction of sp³-hybridized carbons (Fsp3) is 0.100. The number of rotatable bonds is 4. The first-order valence-electron chi connectivity index (χ1n) is 7.30. The molecular weight excluding hydrogens is 352 g/mol. The standard InChI is InChI=1S/C20H17BrO2/c1-22-19-9-5-3-7-17(19)14-11-15(13-16(21)12-14)18-8-4-6-10-20(18)23-2/h3-13H,1-2H3. The molecule has 0 saturated heterocycles. The van der Waals surface area contributed by atoms with E-state index in [1.165, 1.54) is 0 Å². The molecule has 0 fully saturated rings. The summed E-state index contributed by atoms with van der Waals surface area (Å²) in [6.07, 6.45) is 0. The van der Waals surface area contributed by atoms with Gasteiger partial charge in [0.15, 0.2) is 0 Å². The Balaban J connectivity index is 2.17. The molecule has 116 valence electrons. The van der Waals surface area contributed by atoms with Gasteiger partial charge in [0.1, 0.15) is 11.5 Å². The van der Waals surface area contributed by atoms with Gasteiger partial charge in [0.2, 0.25) is 0 Å². The Labute approximate surface area is 144 Å². The maximum absolute atomic E-state index is 5.49. The van der Waals surface area contributed by atoms with Crippen molar-refractivity contribution < 1.29 is 9.47 Å². The average Bonchev–Trinajstić information content (AvgIpc) is 2.61. The average molecular weight is 369 g/mol. The maximum atomic E-state index is 5.49. The molecule has 3 rings (SSSR count). The van der Waals surface area contributed by atoms with Gasteiger partial charge in [-0.1, -0.05) is 52.3 Å². The van der Waals surface area contributed by atoms with Gasteiger partial charge in [0.05, 0.1) is 14.2 Å². The van der Waals surface area contributed by atoms with Crippen molar-refractivity contribution in [3.05, 3.63) is 71.2 Å². The quantitative estimate of drug-likeness (QED) is 0.579. The van der Waals surface area contributed by atoms with Crippen molar-refractivity contribution in [1.29, 1.82) is 0 Å². The van der Waals surface area contributed by atoms with Crippen LogP contribution in [0.25, 0.3) is 22.3 Å². The smallest absolute Gasteiger partial charge is 0.126 e. The Morgan fingerprint density at radius 3 is 1.52 bits per heavy atom. The Kier molecular flexibility index (Phi) is 4.68.